The van der Waals surface area contributed by atoms with Crippen molar-refractivity contribution in [1.82, 2.24) is 0 Å². The molecule has 1 aromatic carbocycles. The Kier molecular flexibility index (Phi) is 3.62. The van der Waals surface area contributed by atoms with Gasteiger partial charge in [-0.2, -0.15) is 5.10 Å². The van der Waals surface area contributed by atoms with Crippen molar-refractivity contribution in [2.75, 3.05) is 0 Å². The third kappa shape index (κ3) is 3.21. The number of benzene rings is 1. The molecule has 0 heterocycles. The van der Waals surface area contributed by atoms with Crippen molar-refractivity contribution in [3.8, 4) is 0 Å². The zero-order chi connectivity index (χ0) is 11.4. The van der Waals surface area contributed by atoms with Crippen LogP contribution in [-0.4, -0.2) is 12.2 Å². The quantitative estimate of drug-likeness (QED) is 0.456. The van der Waals surface area contributed by atoms with Crippen molar-refractivity contribution < 1.29 is 4.39 Å². The molecule has 0 amide bonds. The van der Waals surface area contributed by atoms with E-state index in [-0.39, 0.29) is 11.5 Å². The maximum absolute atomic E-state index is 13.3. The van der Waals surface area contributed by atoms with Crippen LogP contribution in [0.15, 0.2) is 22.3 Å². The molecular weight excluding hydrogens is 219 g/mol. The maximum atomic E-state index is 13.3. The van der Waals surface area contributed by atoms with E-state index in [0.717, 1.165) is 0 Å². The van der Waals surface area contributed by atoms with Crippen LogP contribution in [0.2, 0.25) is 5.02 Å². The Hall–Kier alpha value is -1.62. The summed E-state index contributed by atoms with van der Waals surface area (Å²) in [6.45, 7) is 1.71. The van der Waals surface area contributed by atoms with E-state index in [1.807, 2.05) is 0 Å². The van der Waals surface area contributed by atoms with Crippen molar-refractivity contribution in [1.29, 1.82) is 0 Å². The maximum Gasteiger partial charge on any atom is 0.211 e. The third-order valence-electron chi connectivity index (χ3n) is 1.65. The van der Waals surface area contributed by atoms with Gasteiger partial charge in [-0.15, -0.1) is 5.10 Å². The molecule has 0 atom stereocenters. The topological polar surface area (TPSA) is 76.8 Å². The Morgan fingerprint density at radius 3 is 2.73 bits per heavy atom. The molecule has 15 heavy (non-hydrogen) atoms. The van der Waals surface area contributed by atoms with Gasteiger partial charge in [0.05, 0.1) is 6.21 Å². The smallest absolute Gasteiger partial charge is 0.211 e. The molecule has 6 heteroatoms. The van der Waals surface area contributed by atoms with Crippen molar-refractivity contribution >= 4 is 23.8 Å². The van der Waals surface area contributed by atoms with Gasteiger partial charge in [0.15, 0.2) is 0 Å². The lowest BCUT2D eigenvalue weighted by molar-refractivity contribution is 0.624. The second kappa shape index (κ2) is 4.75. The number of hydrogen-bond donors (Lipinski definition) is 2. The molecule has 0 saturated carbocycles. The molecule has 0 saturated heterocycles. The molecule has 0 aromatic heterocycles. The minimum atomic E-state index is -0.425. The Balaban J connectivity index is 3.01. The molecule has 0 aliphatic rings. The fraction of sp³-hybridized carbons (Fsp3) is 0.111. The Labute approximate surface area is 91.4 Å². The van der Waals surface area contributed by atoms with E-state index in [9.17, 15) is 4.39 Å². The zero-order valence-electron chi connectivity index (χ0n) is 8.04. The van der Waals surface area contributed by atoms with Gasteiger partial charge in [0.1, 0.15) is 5.82 Å². The molecule has 0 aliphatic carbocycles. The molecular formula is C9H10ClFN4. The van der Waals surface area contributed by atoms with E-state index in [2.05, 4.69) is 10.2 Å². The number of nitrogens with zero attached hydrogens (tertiary/aromatic N) is 2. The molecule has 80 valence electrons. The van der Waals surface area contributed by atoms with Gasteiger partial charge in [-0.05, 0) is 24.6 Å². The van der Waals surface area contributed by atoms with Crippen LogP contribution in [-0.2, 0) is 0 Å². The summed E-state index contributed by atoms with van der Waals surface area (Å²) in [5.74, 6) is -0.615. The molecule has 0 radical (unpaired) electrons. The summed E-state index contributed by atoms with van der Waals surface area (Å²) in [6.07, 6.45) is 1.19. The first-order valence-corrected chi connectivity index (χ1v) is 4.46. The Morgan fingerprint density at radius 1 is 1.47 bits per heavy atom. The number of hydrogen-bond acceptors (Lipinski definition) is 2. The van der Waals surface area contributed by atoms with Crippen LogP contribution in [0.3, 0.4) is 0 Å². The summed E-state index contributed by atoms with van der Waals surface area (Å²) in [5, 5.41) is 7.29. The van der Waals surface area contributed by atoms with Gasteiger partial charge in [0, 0.05) is 10.6 Å². The first kappa shape index (κ1) is 11.5. The van der Waals surface area contributed by atoms with E-state index < -0.39 is 5.82 Å². The zero-order valence-corrected chi connectivity index (χ0v) is 8.79. The lowest BCUT2D eigenvalue weighted by Gasteiger charge is -2.00. The summed E-state index contributed by atoms with van der Waals surface area (Å²) in [7, 11) is 0. The Bertz CT molecular complexity index is 424. The summed E-state index contributed by atoms with van der Waals surface area (Å²) in [6, 6.07) is 2.77. The standard InChI is InChI=1S/C9H10ClFN4/c1-5-2-8(11)6(3-7(5)10)4-14-15-9(12)13/h2-4H,1H3,(H4,12,13,15). The van der Waals surface area contributed by atoms with E-state index in [1.54, 1.807) is 6.92 Å². The van der Waals surface area contributed by atoms with Gasteiger partial charge in [-0.25, -0.2) is 4.39 Å². The van der Waals surface area contributed by atoms with Gasteiger partial charge >= 0.3 is 0 Å². The van der Waals surface area contributed by atoms with Crippen LogP contribution in [0.25, 0.3) is 0 Å². The predicted octanol–water partition coefficient (Wildman–Crippen LogP) is 1.39. The minimum Gasteiger partial charge on any atom is -0.369 e. The lowest BCUT2D eigenvalue weighted by Crippen LogP contribution is -2.21. The molecule has 4 N–H and O–H groups in total. The SMILES string of the molecule is Cc1cc(F)c(C=NN=C(N)N)cc1Cl. The number of guanidine groups is 1. The van der Waals surface area contributed by atoms with Crippen LogP contribution in [0.1, 0.15) is 11.1 Å². The van der Waals surface area contributed by atoms with Crippen LogP contribution in [0, 0.1) is 12.7 Å². The predicted molar refractivity (Wildman–Crippen MR) is 59.6 cm³/mol. The summed E-state index contributed by atoms with van der Waals surface area (Å²) in [5.41, 5.74) is 11.0. The minimum absolute atomic E-state index is 0.190. The highest BCUT2D eigenvalue weighted by Gasteiger charge is 2.03. The van der Waals surface area contributed by atoms with Gasteiger partial charge < -0.3 is 11.5 Å². The highest BCUT2D eigenvalue weighted by Crippen LogP contribution is 2.18. The average Bonchev–Trinajstić information content (AvgIpc) is 2.13. The largest absolute Gasteiger partial charge is 0.369 e. The molecule has 0 fully saturated rings. The van der Waals surface area contributed by atoms with Crippen LogP contribution in [0.4, 0.5) is 4.39 Å². The number of rotatable bonds is 2. The molecule has 0 unspecified atom stereocenters. The first-order valence-electron chi connectivity index (χ1n) is 4.08. The van der Waals surface area contributed by atoms with Crippen LogP contribution < -0.4 is 11.5 Å². The van der Waals surface area contributed by atoms with Crippen molar-refractivity contribution in [2.24, 2.45) is 21.7 Å². The second-order valence-electron chi connectivity index (χ2n) is 2.89. The summed E-state index contributed by atoms with van der Waals surface area (Å²) >= 11 is 5.81. The van der Waals surface area contributed by atoms with Crippen LogP contribution in [0.5, 0.6) is 0 Å². The highest BCUT2D eigenvalue weighted by molar-refractivity contribution is 6.31. The molecule has 0 aliphatic heterocycles. The van der Waals surface area contributed by atoms with E-state index >= 15 is 0 Å². The average molecular weight is 229 g/mol. The monoisotopic (exact) mass is 228 g/mol. The van der Waals surface area contributed by atoms with E-state index in [0.29, 0.717) is 10.6 Å². The number of aryl methyl sites for hydroxylation is 1. The molecule has 0 bridgehead atoms. The number of nitrogens with two attached hydrogens (primary N) is 2. The highest BCUT2D eigenvalue weighted by atomic mass is 35.5. The van der Waals surface area contributed by atoms with E-state index in [1.165, 1.54) is 18.3 Å². The number of halogens is 2. The van der Waals surface area contributed by atoms with Gasteiger partial charge in [0.25, 0.3) is 0 Å². The first-order chi connectivity index (χ1) is 7.00. The van der Waals surface area contributed by atoms with Crippen molar-refractivity contribution in [3.63, 3.8) is 0 Å². The van der Waals surface area contributed by atoms with Crippen molar-refractivity contribution in [3.05, 3.63) is 34.1 Å². The summed E-state index contributed by atoms with van der Waals surface area (Å²) < 4.78 is 13.3. The molecule has 1 aromatic rings. The molecule has 4 nitrogen and oxygen atoms in total. The van der Waals surface area contributed by atoms with Gasteiger partial charge in [-0.3, -0.25) is 0 Å². The van der Waals surface area contributed by atoms with Crippen molar-refractivity contribution in [2.45, 2.75) is 6.92 Å². The molecule has 1 rings (SSSR count). The summed E-state index contributed by atoms with van der Waals surface area (Å²) in [4.78, 5) is 0. The fourth-order valence-electron chi connectivity index (χ4n) is 0.918. The normalized spacial score (nSPS) is 10.6. The van der Waals surface area contributed by atoms with Gasteiger partial charge in [0.2, 0.25) is 5.96 Å². The second-order valence-corrected chi connectivity index (χ2v) is 3.30. The molecule has 0 spiro atoms. The van der Waals surface area contributed by atoms with E-state index in [4.69, 9.17) is 23.1 Å². The van der Waals surface area contributed by atoms with Gasteiger partial charge in [-0.1, -0.05) is 11.6 Å². The van der Waals surface area contributed by atoms with Crippen LogP contribution >= 0.6 is 11.6 Å². The third-order valence-corrected chi connectivity index (χ3v) is 2.06. The fourth-order valence-corrected chi connectivity index (χ4v) is 1.09. The Morgan fingerprint density at radius 2 is 2.13 bits per heavy atom. The lowest BCUT2D eigenvalue weighted by atomic mass is 10.1.